The van der Waals surface area contributed by atoms with Crippen molar-refractivity contribution in [3.8, 4) is 135 Å². The van der Waals surface area contributed by atoms with Gasteiger partial charge in [-0.3, -0.25) is 0 Å². The van der Waals surface area contributed by atoms with E-state index in [1.165, 1.54) is 89.2 Å². The first-order valence-corrected chi connectivity index (χ1v) is 46.4. The summed E-state index contributed by atoms with van der Waals surface area (Å²) in [6, 6.07) is 41.4. The van der Waals surface area contributed by atoms with E-state index in [0.29, 0.717) is 0 Å². The molecule has 0 aliphatic rings. The van der Waals surface area contributed by atoms with Crippen molar-refractivity contribution in [2.24, 2.45) is 0 Å². The summed E-state index contributed by atoms with van der Waals surface area (Å²) >= 11 is 18.7. The normalized spacial score (nSPS) is 11.9. The van der Waals surface area contributed by atoms with Crippen molar-refractivity contribution in [1.29, 1.82) is 0 Å². The minimum absolute atomic E-state index is 1.14. The summed E-state index contributed by atoms with van der Waals surface area (Å²) in [6.45, 7) is 27.7. The van der Waals surface area contributed by atoms with E-state index in [1.807, 2.05) is 113 Å². The van der Waals surface area contributed by atoms with Gasteiger partial charge in [-0.15, -0.1) is 136 Å². The molecule has 0 radical (unpaired) electrons. The molecule has 0 amide bonds. The van der Waals surface area contributed by atoms with E-state index in [4.69, 9.17) is 0 Å². The van der Waals surface area contributed by atoms with Crippen LogP contribution in [0.1, 0.15) is 19.5 Å². The second-order valence-electron chi connectivity index (χ2n) is 22.0. The Morgan fingerprint density at radius 2 is 0.432 bits per heavy atom. The summed E-state index contributed by atoms with van der Waals surface area (Å²) in [7, 11) is -5.94. The highest BCUT2D eigenvalue weighted by atomic mass is 32.1. The van der Waals surface area contributed by atoms with E-state index in [2.05, 4.69) is 234 Å². The maximum Gasteiger partial charge on any atom is 0.129 e. The summed E-state index contributed by atoms with van der Waals surface area (Å²) in [5, 5.41) is 0. The van der Waals surface area contributed by atoms with Gasteiger partial charge in [0.05, 0.1) is 29.3 Å². The Kier molecular flexibility index (Phi) is 15.5. The van der Waals surface area contributed by atoms with Crippen LogP contribution in [0.2, 0.25) is 78.6 Å². The molecule has 74 heavy (non-hydrogen) atoms. The van der Waals surface area contributed by atoms with Crippen molar-refractivity contribution in [2.75, 3.05) is 0 Å². The zero-order valence-electron chi connectivity index (χ0n) is 43.5. The Hall–Kier alpha value is -3.89. The van der Waals surface area contributed by atoms with E-state index >= 15 is 0 Å². The molecule has 370 valence electrons. The SMILES string of the molecule is C[Si](C)(C)C#Cc1ccc(-c2ccc(-c3cc(-c4ccc(-c5ccc(C#C[Si](C)(C)C)s5)s4)c(-c4sc(-c5ccc(-c6ccc(C#C[Si](C)(C)C)s6)s5)cc4-c4ccc(-c5ccc(C#C[Si](C)(C)C)s5)s4)s3)s2)s1. The first-order chi connectivity index (χ1) is 35.0. The number of thiophene rings is 10. The lowest BCUT2D eigenvalue weighted by molar-refractivity contribution is 1.81. The molecule has 0 saturated carbocycles. The molecule has 0 N–H and O–H groups in total. The quantitative estimate of drug-likeness (QED) is 0.0998. The third kappa shape index (κ3) is 13.3. The zero-order valence-corrected chi connectivity index (χ0v) is 55.6. The topological polar surface area (TPSA) is 0 Å². The highest BCUT2D eigenvalue weighted by Gasteiger charge is 2.25. The Labute approximate surface area is 482 Å². The molecule has 14 heteroatoms. The second kappa shape index (κ2) is 21.5. The van der Waals surface area contributed by atoms with Crippen molar-refractivity contribution in [3.63, 3.8) is 0 Å². The monoisotopic (exact) mass is 1210 g/mol. The lowest BCUT2D eigenvalue weighted by Gasteiger charge is -2.03. The van der Waals surface area contributed by atoms with Gasteiger partial charge in [-0.25, -0.2) is 0 Å². The predicted octanol–water partition coefficient (Wildman–Crippen LogP) is 22.2. The molecule has 0 nitrogen and oxygen atoms in total. The average Bonchev–Trinajstić information content (AvgIpc) is 4.17. The molecule has 0 aromatic carbocycles. The summed E-state index contributed by atoms with van der Waals surface area (Å²) < 4.78 is 0. The van der Waals surface area contributed by atoms with Crippen LogP contribution in [0.15, 0.2) is 109 Å². The van der Waals surface area contributed by atoms with Crippen LogP contribution in [0.5, 0.6) is 0 Å². The van der Waals surface area contributed by atoms with Gasteiger partial charge in [-0.05, 0) is 109 Å². The van der Waals surface area contributed by atoms with Crippen molar-refractivity contribution in [3.05, 3.63) is 129 Å². The summed E-state index contributed by atoms with van der Waals surface area (Å²) in [5.41, 5.74) is 16.9. The summed E-state index contributed by atoms with van der Waals surface area (Å²) in [5.74, 6) is 14.0. The van der Waals surface area contributed by atoms with Crippen molar-refractivity contribution in [1.82, 2.24) is 0 Å². The molecular weight excluding hydrogens is 1150 g/mol. The van der Waals surface area contributed by atoms with E-state index in [9.17, 15) is 0 Å². The fourth-order valence-electron chi connectivity index (χ4n) is 7.31. The third-order valence-electron chi connectivity index (χ3n) is 10.7. The molecule has 10 rings (SSSR count). The fourth-order valence-corrected chi connectivity index (χ4v) is 20.4. The summed E-state index contributed by atoms with van der Waals surface area (Å²) in [6.07, 6.45) is 0. The van der Waals surface area contributed by atoms with Gasteiger partial charge in [0.1, 0.15) is 32.3 Å². The second-order valence-corrected chi connectivity index (χ2v) is 51.8. The van der Waals surface area contributed by atoms with Crippen LogP contribution >= 0.6 is 113 Å². The lowest BCUT2D eigenvalue weighted by Crippen LogP contribution is -2.16. The van der Waals surface area contributed by atoms with Gasteiger partial charge in [0, 0.05) is 79.4 Å². The summed E-state index contributed by atoms with van der Waals surface area (Å²) in [4.78, 5) is 25.2. The highest BCUT2D eigenvalue weighted by molar-refractivity contribution is 7.32. The fraction of sp³-hybridized carbons (Fsp3) is 0.200. The smallest absolute Gasteiger partial charge is 0.129 e. The minimum atomic E-state index is -1.49. The Balaban J connectivity index is 1.09. The lowest BCUT2D eigenvalue weighted by atomic mass is 10.1. The van der Waals surface area contributed by atoms with E-state index in [0.717, 1.165) is 19.5 Å². The first-order valence-electron chi connectivity index (χ1n) is 24.3. The molecule has 0 saturated heterocycles. The average molecular weight is 1210 g/mol. The Morgan fingerprint density at radius 3 is 0.689 bits per heavy atom. The van der Waals surface area contributed by atoms with E-state index in [1.54, 1.807) is 0 Å². The predicted molar refractivity (Wildman–Crippen MR) is 355 cm³/mol. The van der Waals surface area contributed by atoms with Crippen molar-refractivity contribution < 1.29 is 0 Å². The number of rotatable bonds is 9. The van der Waals surface area contributed by atoms with E-state index < -0.39 is 32.3 Å². The van der Waals surface area contributed by atoms with Gasteiger partial charge in [-0.2, -0.15) is 0 Å². The molecular formula is C60H54S10Si4. The van der Waals surface area contributed by atoms with Gasteiger partial charge in [-0.1, -0.05) is 102 Å². The molecule has 10 aromatic heterocycles. The van der Waals surface area contributed by atoms with Crippen LogP contribution in [0.4, 0.5) is 0 Å². The molecule has 10 heterocycles. The van der Waals surface area contributed by atoms with Crippen LogP contribution in [-0.4, -0.2) is 32.3 Å². The Bertz CT molecular complexity index is 3690. The van der Waals surface area contributed by atoms with Gasteiger partial charge < -0.3 is 0 Å². The molecule has 0 unspecified atom stereocenters. The van der Waals surface area contributed by atoms with Crippen LogP contribution in [0.25, 0.3) is 89.2 Å². The minimum Gasteiger partial charge on any atom is -0.134 e. The van der Waals surface area contributed by atoms with Gasteiger partial charge >= 0.3 is 0 Å². The van der Waals surface area contributed by atoms with Gasteiger partial charge in [0.2, 0.25) is 0 Å². The maximum atomic E-state index is 3.57. The Morgan fingerprint density at radius 1 is 0.230 bits per heavy atom. The zero-order chi connectivity index (χ0) is 52.2. The number of hydrogen-bond donors (Lipinski definition) is 0. The molecule has 0 aliphatic carbocycles. The van der Waals surface area contributed by atoms with Crippen LogP contribution in [0, 0.1) is 45.9 Å². The number of hydrogen-bond acceptors (Lipinski definition) is 10. The third-order valence-corrected chi connectivity index (χ3v) is 26.3. The van der Waals surface area contributed by atoms with Crippen LogP contribution in [-0.2, 0) is 0 Å². The molecule has 0 fully saturated rings. The molecule has 10 aromatic rings. The largest absolute Gasteiger partial charge is 0.134 e. The maximum absolute atomic E-state index is 3.57. The molecule has 0 spiro atoms. The van der Waals surface area contributed by atoms with Crippen LogP contribution in [0.3, 0.4) is 0 Å². The standard InChI is InChI=1S/C60H54S10Si4/c1-71(2,3)33-29-39-13-17-47(61-39)51-23-21-45(65-51)43-37-57(55-27-25-53(67-55)49-19-15-41(63-49)31-35-73(7,8)9)69-59(43)60-44(46-22-24-52(66-46)48-18-14-40(62-48)30-34-72(4,5)6)38-58(70-60)56-28-26-54(68-56)50-20-16-42(64-50)32-36-74(10,11)12/h13-28,37-38H,1-12H3. The van der Waals surface area contributed by atoms with Gasteiger partial charge in [0.15, 0.2) is 0 Å². The highest BCUT2D eigenvalue weighted by Crippen LogP contribution is 2.56. The van der Waals surface area contributed by atoms with E-state index in [-0.39, 0.29) is 0 Å². The molecule has 0 bridgehead atoms. The molecule has 0 aliphatic heterocycles. The van der Waals surface area contributed by atoms with Gasteiger partial charge in [0.25, 0.3) is 0 Å². The van der Waals surface area contributed by atoms with Crippen LogP contribution < -0.4 is 0 Å². The molecule has 0 atom stereocenters. The first kappa shape index (κ1) is 53.5. The van der Waals surface area contributed by atoms with Crippen molar-refractivity contribution in [2.45, 2.75) is 78.6 Å². The van der Waals surface area contributed by atoms with Crippen molar-refractivity contribution >= 4 is 146 Å².